The molecule has 0 amide bonds. The quantitative estimate of drug-likeness (QED) is 0.596. The van der Waals surface area contributed by atoms with Crippen molar-refractivity contribution in [2.24, 2.45) is 0 Å². The van der Waals surface area contributed by atoms with Crippen molar-refractivity contribution >= 4 is 34.6 Å². The van der Waals surface area contributed by atoms with Crippen LogP contribution in [0.25, 0.3) is 0 Å². The molecule has 0 heterocycles. The molecule has 0 radical (unpaired) electrons. The first-order valence-corrected chi connectivity index (χ1v) is 4.39. The van der Waals surface area contributed by atoms with E-state index in [1.165, 1.54) is 6.92 Å². The van der Waals surface area contributed by atoms with Gasteiger partial charge in [-0.15, -0.1) is 0 Å². The van der Waals surface area contributed by atoms with Crippen molar-refractivity contribution in [2.45, 2.75) is 6.92 Å². The zero-order chi connectivity index (χ0) is 11.7. The molecular formula is C7H4Cl2N2O4. The fourth-order valence-corrected chi connectivity index (χ4v) is 1.56. The molecule has 80 valence electrons. The molecule has 0 saturated heterocycles. The minimum absolute atomic E-state index is 0.112. The van der Waals surface area contributed by atoms with E-state index >= 15 is 0 Å². The summed E-state index contributed by atoms with van der Waals surface area (Å²) in [5, 5.41) is 20.7. The Kier molecular flexibility index (Phi) is 3.11. The third-order valence-corrected chi connectivity index (χ3v) is 2.58. The Bertz CT molecular complexity index is 461. The van der Waals surface area contributed by atoms with E-state index < -0.39 is 21.2 Å². The summed E-state index contributed by atoms with van der Waals surface area (Å²) in [7, 11) is 0. The molecule has 1 aromatic rings. The summed E-state index contributed by atoms with van der Waals surface area (Å²) in [6, 6.07) is 0.992. The minimum Gasteiger partial charge on any atom is -0.258 e. The highest BCUT2D eigenvalue weighted by Gasteiger charge is 2.27. The van der Waals surface area contributed by atoms with Crippen molar-refractivity contribution in [3.63, 3.8) is 0 Å². The van der Waals surface area contributed by atoms with E-state index in [1.54, 1.807) is 0 Å². The van der Waals surface area contributed by atoms with Gasteiger partial charge in [0.25, 0.3) is 11.4 Å². The number of nitrogens with zero attached hydrogens (tertiary/aromatic N) is 2. The van der Waals surface area contributed by atoms with Crippen molar-refractivity contribution in [2.75, 3.05) is 0 Å². The van der Waals surface area contributed by atoms with Crippen molar-refractivity contribution in [1.29, 1.82) is 0 Å². The largest absolute Gasteiger partial charge is 0.299 e. The SMILES string of the molecule is Cc1c([N+](=O)[O-])cc(Cl)c(Cl)c1[N+](=O)[O-]. The maximum atomic E-state index is 10.6. The van der Waals surface area contributed by atoms with E-state index in [2.05, 4.69) is 0 Å². The van der Waals surface area contributed by atoms with Gasteiger partial charge in [0.15, 0.2) is 0 Å². The van der Waals surface area contributed by atoms with E-state index in [0.29, 0.717) is 0 Å². The summed E-state index contributed by atoms with van der Waals surface area (Å²) < 4.78 is 0. The summed E-state index contributed by atoms with van der Waals surface area (Å²) >= 11 is 11.1. The van der Waals surface area contributed by atoms with Gasteiger partial charge in [0.2, 0.25) is 0 Å². The van der Waals surface area contributed by atoms with E-state index in [-0.39, 0.29) is 15.6 Å². The smallest absolute Gasteiger partial charge is 0.258 e. The molecule has 0 N–H and O–H groups in total. The van der Waals surface area contributed by atoms with Gasteiger partial charge in [-0.25, -0.2) is 0 Å². The van der Waals surface area contributed by atoms with Gasteiger partial charge in [0.05, 0.1) is 14.9 Å². The maximum absolute atomic E-state index is 10.6. The van der Waals surface area contributed by atoms with Crippen molar-refractivity contribution < 1.29 is 9.85 Å². The lowest BCUT2D eigenvalue weighted by Gasteiger charge is -2.02. The molecule has 8 heteroatoms. The summed E-state index contributed by atoms with van der Waals surface area (Å²) in [6.45, 7) is 1.25. The maximum Gasteiger partial charge on any atom is 0.299 e. The molecular weight excluding hydrogens is 247 g/mol. The second kappa shape index (κ2) is 4.00. The highest BCUT2D eigenvalue weighted by atomic mass is 35.5. The lowest BCUT2D eigenvalue weighted by atomic mass is 10.1. The van der Waals surface area contributed by atoms with E-state index in [4.69, 9.17) is 23.2 Å². The van der Waals surface area contributed by atoms with Gasteiger partial charge in [0, 0.05) is 6.07 Å². The Morgan fingerprint density at radius 1 is 1.20 bits per heavy atom. The van der Waals surface area contributed by atoms with Crippen molar-refractivity contribution in [3.05, 3.63) is 41.9 Å². The number of benzene rings is 1. The molecule has 0 atom stereocenters. The predicted molar refractivity (Wildman–Crippen MR) is 54.5 cm³/mol. The van der Waals surface area contributed by atoms with Crippen molar-refractivity contribution in [3.8, 4) is 0 Å². The monoisotopic (exact) mass is 250 g/mol. The van der Waals surface area contributed by atoms with Gasteiger partial charge in [-0.1, -0.05) is 23.2 Å². The Morgan fingerprint density at radius 3 is 2.13 bits per heavy atom. The third-order valence-electron chi connectivity index (χ3n) is 1.80. The molecule has 0 bridgehead atoms. The highest BCUT2D eigenvalue weighted by Crippen LogP contribution is 2.39. The van der Waals surface area contributed by atoms with Gasteiger partial charge in [-0.05, 0) is 6.92 Å². The van der Waals surface area contributed by atoms with E-state index in [0.717, 1.165) is 6.07 Å². The highest BCUT2D eigenvalue weighted by molar-refractivity contribution is 6.43. The Morgan fingerprint density at radius 2 is 1.73 bits per heavy atom. The summed E-state index contributed by atoms with van der Waals surface area (Å²) in [6.07, 6.45) is 0. The molecule has 1 rings (SSSR count). The molecule has 15 heavy (non-hydrogen) atoms. The predicted octanol–water partition coefficient (Wildman–Crippen LogP) is 3.12. The number of nitro benzene ring substituents is 2. The fraction of sp³-hybridized carbons (Fsp3) is 0.143. The standard InChI is InChI=1S/C7H4Cl2N2O4/c1-3-5(10(12)13)2-4(8)6(9)7(3)11(14)15/h2H,1H3. The van der Waals surface area contributed by atoms with Crippen LogP contribution >= 0.6 is 23.2 Å². The second-order valence-electron chi connectivity index (χ2n) is 2.68. The number of rotatable bonds is 2. The molecule has 6 nitrogen and oxygen atoms in total. The average Bonchev–Trinajstić information content (AvgIpc) is 2.10. The van der Waals surface area contributed by atoms with Crippen LogP contribution in [0.2, 0.25) is 10.0 Å². The number of hydrogen-bond donors (Lipinski definition) is 0. The molecule has 1 aromatic carbocycles. The first-order chi connectivity index (χ1) is 6.86. The Labute approximate surface area is 93.7 Å². The van der Waals surface area contributed by atoms with Gasteiger partial charge >= 0.3 is 0 Å². The molecule has 0 aliphatic rings. The molecule has 0 aliphatic carbocycles. The average molecular weight is 251 g/mol. The van der Waals surface area contributed by atoms with Crippen LogP contribution < -0.4 is 0 Å². The van der Waals surface area contributed by atoms with Crippen LogP contribution in [-0.4, -0.2) is 9.85 Å². The molecule has 0 unspecified atom stereocenters. The first-order valence-electron chi connectivity index (χ1n) is 3.63. The summed E-state index contributed by atoms with van der Waals surface area (Å²) in [5.41, 5.74) is -1.06. The number of nitro groups is 2. The number of halogens is 2. The molecule has 0 aromatic heterocycles. The Hall–Kier alpha value is -1.40. The van der Waals surface area contributed by atoms with Crippen LogP contribution in [0.5, 0.6) is 0 Å². The molecule has 0 fully saturated rings. The molecule has 0 saturated carbocycles. The van der Waals surface area contributed by atoms with Gasteiger partial charge in [0.1, 0.15) is 10.6 Å². The van der Waals surface area contributed by atoms with E-state index in [9.17, 15) is 20.2 Å². The second-order valence-corrected chi connectivity index (χ2v) is 3.46. The van der Waals surface area contributed by atoms with E-state index in [1.807, 2.05) is 0 Å². The van der Waals surface area contributed by atoms with Crippen LogP contribution in [0.1, 0.15) is 5.56 Å². The zero-order valence-electron chi connectivity index (χ0n) is 7.36. The molecule has 0 aliphatic heterocycles. The molecule has 0 spiro atoms. The first kappa shape index (κ1) is 11.7. The van der Waals surface area contributed by atoms with Gasteiger partial charge < -0.3 is 0 Å². The van der Waals surface area contributed by atoms with Gasteiger partial charge in [-0.3, -0.25) is 20.2 Å². The van der Waals surface area contributed by atoms with Crippen molar-refractivity contribution in [1.82, 2.24) is 0 Å². The third kappa shape index (κ3) is 2.00. The topological polar surface area (TPSA) is 86.3 Å². The summed E-state index contributed by atoms with van der Waals surface area (Å²) in [5.74, 6) is 0. The lowest BCUT2D eigenvalue weighted by Crippen LogP contribution is -1.98. The van der Waals surface area contributed by atoms with Crippen LogP contribution in [0.15, 0.2) is 6.07 Å². The van der Waals surface area contributed by atoms with Crippen LogP contribution in [0, 0.1) is 27.2 Å². The Balaban J connectivity index is 3.63. The minimum atomic E-state index is -0.795. The zero-order valence-corrected chi connectivity index (χ0v) is 8.87. The van der Waals surface area contributed by atoms with Crippen LogP contribution in [0.4, 0.5) is 11.4 Å². The van der Waals surface area contributed by atoms with Crippen LogP contribution in [0.3, 0.4) is 0 Å². The van der Waals surface area contributed by atoms with Crippen LogP contribution in [-0.2, 0) is 0 Å². The summed E-state index contributed by atoms with van der Waals surface area (Å²) in [4.78, 5) is 19.6. The lowest BCUT2D eigenvalue weighted by molar-refractivity contribution is -0.395. The fourth-order valence-electron chi connectivity index (χ4n) is 1.10. The number of hydrogen-bond acceptors (Lipinski definition) is 4. The normalized spacial score (nSPS) is 10.1. The van der Waals surface area contributed by atoms with Gasteiger partial charge in [-0.2, -0.15) is 0 Å².